The van der Waals surface area contributed by atoms with Crippen LogP contribution in [0.25, 0.3) is 0 Å². The summed E-state index contributed by atoms with van der Waals surface area (Å²) in [6.07, 6.45) is 0. The monoisotopic (exact) mass is 251 g/mol. The summed E-state index contributed by atoms with van der Waals surface area (Å²) >= 11 is 0. The maximum atomic E-state index is 5.92. The molecule has 0 saturated carbocycles. The second-order valence-electron chi connectivity index (χ2n) is 3.78. The van der Waals surface area contributed by atoms with Crippen LogP contribution in [0.3, 0.4) is 0 Å². The summed E-state index contributed by atoms with van der Waals surface area (Å²) in [5.41, 5.74) is 11.3. The molecule has 7 heteroatoms. The van der Waals surface area contributed by atoms with E-state index in [9.17, 15) is 0 Å². The van der Waals surface area contributed by atoms with Gasteiger partial charge >= 0.3 is 8.80 Å². The Hall–Kier alpha value is -0.0231. The maximum absolute atomic E-state index is 5.92. The fourth-order valence-electron chi connectivity index (χ4n) is 1.53. The molecule has 0 fully saturated rings. The maximum Gasteiger partial charge on any atom is 0.500 e. The summed E-state index contributed by atoms with van der Waals surface area (Å²) in [4.78, 5) is 0. The minimum atomic E-state index is -2.55. The molecular weight excluding hydrogens is 226 g/mol. The minimum absolute atomic E-state index is 0.0337. The van der Waals surface area contributed by atoms with Crippen LogP contribution in [0.5, 0.6) is 0 Å². The van der Waals surface area contributed by atoms with Crippen molar-refractivity contribution >= 4 is 8.80 Å². The molecule has 5 N–H and O–H groups in total. The van der Waals surface area contributed by atoms with Crippen molar-refractivity contribution in [3.05, 3.63) is 0 Å². The second kappa shape index (κ2) is 8.12. The summed E-state index contributed by atoms with van der Waals surface area (Å²) in [5.74, 6) is 0.218. The first kappa shape index (κ1) is 16.0. The van der Waals surface area contributed by atoms with Crippen LogP contribution in [0.4, 0.5) is 0 Å². The Morgan fingerprint density at radius 1 is 1.19 bits per heavy atom. The Bertz CT molecular complexity index is 171. The lowest BCUT2D eigenvalue weighted by Gasteiger charge is -2.30. The van der Waals surface area contributed by atoms with Gasteiger partial charge in [-0.3, -0.25) is 0 Å². The van der Waals surface area contributed by atoms with Gasteiger partial charge in [-0.25, -0.2) is 0 Å². The van der Waals surface area contributed by atoms with Gasteiger partial charge in [0.2, 0.25) is 0 Å². The average Bonchev–Trinajstić information content (AvgIpc) is 2.30. The van der Waals surface area contributed by atoms with Gasteiger partial charge in [0.15, 0.2) is 0 Å². The number of hydrogen-bond donors (Lipinski definition) is 3. The van der Waals surface area contributed by atoms with Gasteiger partial charge in [-0.05, 0) is 12.8 Å². The van der Waals surface area contributed by atoms with Crippen molar-refractivity contribution in [3.8, 4) is 0 Å². The number of hydrogen-bond acceptors (Lipinski definition) is 6. The first-order chi connectivity index (χ1) is 7.55. The molecule has 2 atom stereocenters. The van der Waals surface area contributed by atoms with E-state index in [-0.39, 0.29) is 12.0 Å². The van der Waals surface area contributed by atoms with Crippen molar-refractivity contribution in [2.75, 3.05) is 34.5 Å². The van der Waals surface area contributed by atoms with Crippen LogP contribution in [0.2, 0.25) is 6.04 Å². The van der Waals surface area contributed by atoms with Crippen molar-refractivity contribution in [2.24, 2.45) is 17.4 Å². The lowest BCUT2D eigenvalue weighted by atomic mass is 10.1. The average molecular weight is 251 g/mol. The van der Waals surface area contributed by atoms with Crippen LogP contribution in [-0.4, -0.2) is 49.4 Å². The van der Waals surface area contributed by atoms with Gasteiger partial charge in [0, 0.05) is 46.6 Å². The SMILES string of the molecule is CO[Si](CC(CNCN)C(C)N)(OC)OC. The normalized spacial score (nSPS) is 16.1. The summed E-state index contributed by atoms with van der Waals surface area (Å²) in [5, 5.41) is 3.08. The summed E-state index contributed by atoms with van der Waals surface area (Å²) in [6, 6.07) is 0.715. The highest BCUT2D eigenvalue weighted by Gasteiger charge is 2.41. The fourth-order valence-corrected chi connectivity index (χ4v) is 3.69. The van der Waals surface area contributed by atoms with E-state index in [0.717, 1.165) is 6.54 Å². The molecule has 0 aliphatic heterocycles. The molecule has 0 spiro atoms. The molecule has 0 rings (SSSR count). The van der Waals surface area contributed by atoms with Crippen LogP contribution in [0.1, 0.15) is 6.92 Å². The van der Waals surface area contributed by atoms with E-state index in [4.69, 9.17) is 24.7 Å². The Morgan fingerprint density at radius 2 is 1.69 bits per heavy atom. The third-order valence-electron chi connectivity index (χ3n) is 2.74. The summed E-state index contributed by atoms with van der Waals surface area (Å²) in [7, 11) is 2.26. The molecule has 0 saturated heterocycles. The zero-order valence-corrected chi connectivity index (χ0v) is 11.7. The lowest BCUT2D eigenvalue weighted by Crippen LogP contribution is -2.49. The van der Waals surface area contributed by atoms with Crippen molar-refractivity contribution in [2.45, 2.75) is 19.0 Å². The van der Waals surface area contributed by atoms with Gasteiger partial charge in [-0.15, -0.1) is 0 Å². The third-order valence-corrected chi connectivity index (χ3v) is 5.63. The summed E-state index contributed by atoms with van der Waals surface area (Å²) < 4.78 is 16.1. The Kier molecular flexibility index (Phi) is 8.11. The van der Waals surface area contributed by atoms with Gasteiger partial charge in [0.1, 0.15) is 0 Å². The molecule has 0 aromatic heterocycles. The van der Waals surface area contributed by atoms with Crippen molar-refractivity contribution in [3.63, 3.8) is 0 Å². The predicted molar refractivity (Wildman–Crippen MR) is 65.8 cm³/mol. The molecule has 0 aromatic carbocycles. The van der Waals surface area contributed by atoms with E-state index >= 15 is 0 Å². The van der Waals surface area contributed by atoms with Gasteiger partial charge in [0.25, 0.3) is 0 Å². The number of nitrogens with two attached hydrogens (primary N) is 2. The van der Waals surface area contributed by atoms with E-state index in [2.05, 4.69) is 5.32 Å². The lowest BCUT2D eigenvalue weighted by molar-refractivity contribution is 0.116. The zero-order chi connectivity index (χ0) is 12.6. The minimum Gasteiger partial charge on any atom is -0.377 e. The Labute approximate surface area is 99.0 Å². The van der Waals surface area contributed by atoms with Gasteiger partial charge in [-0.1, -0.05) is 0 Å². The predicted octanol–water partition coefficient (Wildman–Crippen LogP) is -0.666. The molecule has 6 nitrogen and oxygen atoms in total. The standard InChI is InChI=1S/C9H25N3O3Si/c1-8(11)9(5-12-7-10)6-16(13-2,14-3)15-4/h8-9,12H,5-7,10-11H2,1-4H3. The van der Waals surface area contributed by atoms with Crippen molar-refractivity contribution in [1.82, 2.24) is 5.32 Å². The molecule has 0 heterocycles. The topological polar surface area (TPSA) is 91.8 Å². The van der Waals surface area contributed by atoms with Gasteiger partial charge in [0.05, 0.1) is 0 Å². The second-order valence-corrected chi connectivity index (χ2v) is 6.78. The van der Waals surface area contributed by atoms with Crippen LogP contribution in [0, 0.1) is 5.92 Å². The first-order valence-electron chi connectivity index (χ1n) is 5.37. The number of rotatable bonds is 9. The van der Waals surface area contributed by atoms with E-state index in [1.807, 2.05) is 6.92 Å². The van der Waals surface area contributed by atoms with E-state index < -0.39 is 8.80 Å². The van der Waals surface area contributed by atoms with Crippen LogP contribution in [-0.2, 0) is 13.3 Å². The highest BCUT2D eigenvalue weighted by atomic mass is 28.4. The fraction of sp³-hybridized carbons (Fsp3) is 1.00. The smallest absolute Gasteiger partial charge is 0.377 e. The quantitative estimate of drug-likeness (QED) is 0.372. The third kappa shape index (κ3) is 4.87. The molecule has 0 bridgehead atoms. The molecule has 0 radical (unpaired) electrons. The van der Waals surface area contributed by atoms with Crippen LogP contribution < -0.4 is 16.8 Å². The molecule has 0 amide bonds. The Balaban J connectivity index is 4.44. The van der Waals surface area contributed by atoms with Crippen molar-refractivity contribution < 1.29 is 13.3 Å². The van der Waals surface area contributed by atoms with Crippen molar-refractivity contribution in [1.29, 1.82) is 0 Å². The molecule has 0 aliphatic carbocycles. The van der Waals surface area contributed by atoms with Gasteiger partial charge < -0.3 is 30.1 Å². The molecule has 16 heavy (non-hydrogen) atoms. The van der Waals surface area contributed by atoms with Gasteiger partial charge in [-0.2, -0.15) is 0 Å². The zero-order valence-electron chi connectivity index (χ0n) is 10.7. The largest absolute Gasteiger partial charge is 0.500 e. The van der Waals surface area contributed by atoms with Crippen LogP contribution >= 0.6 is 0 Å². The molecule has 0 aliphatic rings. The summed E-state index contributed by atoms with van der Waals surface area (Å²) in [6.45, 7) is 3.13. The molecule has 2 unspecified atom stereocenters. The molecular formula is C9H25N3O3Si. The first-order valence-corrected chi connectivity index (χ1v) is 7.30. The highest BCUT2D eigenvalue weighted by Crippen LogP contribution is 2.20. The Morgan fingerprint density at radius 3 is 2.00 bits per heavy atom. The number of nitrogens with one attached hydrogen (secondary N) is 1. The molecule has 98 valence electrons. The highest BCUT2D eigenvalue weighted by molar-refractivity contribution is 6.60. The van der Waals surface area contributed by atoms with E-state index in [1.165, 1.54) is 0 Å². The van der Waals surface area contributed by atoms with E-state index in [0.29, 0.717) is 12.7 Å². The van der Waals surface area contributed by atoms with Crippen LogP contribution in [0.15, 0.2) is 0 Å². The molecule has 0 aromatic rings. The van der Waals surface area contributed by atoms with E-state index in [1.54, 1.807) is 21.3 Å².